The predicted octanol–water partition coefficient (Wildman–Crippen LogP) is 3.40. The van der Waals surface area contributed by atoms with Crippen LogP contribution in [0.5, 0.6) is 5.75 Å². The third-order valence-electron chi connectivity index (χ3n) is 5.06. The molecule has 1 N–H and O–H groups in total. The lowest BCUT2D eigenvalue weighted by molar-refractivity contribution is 0.0730. The lowest BCUT2D eigenvalue weighted by Crippen LogP contribution is -2.40. The maximum atomic E-state index is 12.9. The maximum Gasteiger partial charge on any atom is 0.257 e. The van der Waals surface area contributed by atoms with Crippen LogP contribution in [0.25, 0.3) is 11.3 Å². The van der Waals surface area contributed by atoms with Gasteiger partial charge in [-0.05, 0) is 37.3 Å². The quantitative estimate of drug-likeness (QED) is 0.589. The molecule has 10 heteroatoms. The number of benzene rings is 2. The second-order valence-electron chi connectivity index (χ2n) is 7.24. The van der Waals surface area contributed by atoms with Crippen LogP contribution < -0.4 is 10.1 Å². The molecule has 1 amide bonds. The SMILES string of the molecule is COc1ccc(C)cc1-c1csc(NC(=O)c2cccc(S(=O)(=O)N3CCOCC3)c2)n1. The van der Waals surface area contributed by atoms with Crippen LogP contribution in [-0.2, 0) is 14.8 Å². The number of nitrogens with one attached hydrogen (secondary N) is 1. The van der Waals surface area contributed by atoms with E-state index in [4.69, 9.17) is 9.47 Å². The topological polar surface area (TPSA) is 97.8 Å². The predicted molar refractivity (Wildman–Crippen MR) is 123 cm³/mol. The van der Waals surface area contributed by atoms with E-state index in [9.17, 15) is 13.2 Å². The molecule has 1 aliphatic heterocycles. The highest BCUT2D eigenvalue weighted by molar-refractivity contribution is 7.89. The summed E-state index contributed by atoms with van der Waals surface area (Å²) in [7, 11) is -2.09. The standard InChI is InChI=1S/C22H23N3O5S2/c1-15-6-7-20(29-2)18(12-15)19-14-31-22(23-19)24-21(26)16-4-3-5-17(13-16)32(27,28)25-8-10-30-11-9-25/h3-7,12-14H,8-11H2,1-2H3,(H,23,24,26). The van der Waals surface area contributed by atoms with E-state index in [1.54, 1.807) is 19.2 Å². The number of anilines is 1. The molecule has 0 bridgehead atoms. The number of nitrogens with zero attached hydrogens (tertiary/aromatic N) is 2. The number of ether oxygens (including phenoxy) is 2. The first-order valence-electron chi connectivity index (χ1n) is 9.98. The van der Waals surface area contributed by atoms with Crippen molar-refractivity contribution in [2.24, 2.45) is 0 Å². The van der Waals surface area contributed by atoms with Crippen LogP contribution in [0.4, 0.5) is 5.13 Å². The molecule has 8 nitrogen and oxygen atoms in total. The van der Waals surface area contributed by atoms with E-state index in [0.717, 1.165) is 11.1 Å². The van der Waals surface area contributed by atoms with E-state index in [2.05, 4.69) is 10.3 Å². The van der Waals surface area contributed by atoms with E-state index in [0.29, 0.717) is 42.9 Å². The van der Waals surface area contributed by atoms with Gasteiger partial charge in [0.25, 0.3) is 5.91 Å². The van der Waals surface area contributed by atoms with Gasteiger partial charge < -0.3 is 9.47 Å². The summed E-state index contributed by atoms with van der Waals surface area (Å²) in [6.07, 6.45) is 0. The summed E-state index contributed by atoms with van der Waals surface area (Å²) in [6, 6.07) is 11.8. The average Bonchev–Trinajstić information content (AvgIpc) is 3.28. The lowest BCUT2D eigenvalue weighted by Gasteiger charge is -2.26. The zero-order valence-electron chi connectivity index (χ0n) is 17.7. The summed E-state index contributed by atoms with van der Waals surface area (Å²) in [6.45, 7) is 3.29. The summed E-state index contributed by atoms with van der Waals surface area (Å²) in [5.74, 6) is 0.265. The lowest BCUT2D eigenvalue weighted by atomic mass is 10.1. The van der Waals surface area contributed by atoms with Crippen molar-refractivity contribution < 1.29 is 22.7 Å². The van der Waals surface area contributed by atoms with Crippen molar-refractivity contribution in [3.05, 3.63) is 59.0 Å². The molecule has 0 saturated carbocycles. The van der Waals surface area contributed by atoms with Crippen molar-refractivity contribution in [1.29, 1.82) is 0 Å². The van der Waals surface area contributed by atoms with Gasteiger partial charge in [-0.25, -0.2) is 13.4 Å². The van der Waals surface area contributed by atoms with Crippen molar-refractivity contribution in [3.8, 4) is 17.0 Å². The third kappa shape index (κ3) is 4.68. The first-order chi connectivity index (χ1) is 15.4. The highest BCUT2D eigenvalue weighted by Crippen LogP contribution is 2.33. The van der Waals surface area contributed by atoms with E-state index >= 15 is 0 Å². The summed E-state index contributed by atoms with van der Waals surface area (Å²) in [4.78, 5) is 17.4. The van der Waals surface area contributed by atoms with Crippen molar-refractivity contribution >= 4 is 32.4 Å². The van der Waals surface area contributed by atoms with Gasteiger partial charge in [0.15, 0.2) is 5.13 Å². The Morgan fingerprint density at radius 2 is 1.97 bits per heavy atom. The van der Waals surface area contributed by atoms with Crippen LogP contribution in [-0.4, -0.2) is 57.0 Å². The van der Waals surface area contributed by atoms with Crippen molar-refractivity contribution in [3.63, 3.8) is 0 Å². The molecule has 1 aliphatic rings. The third-order valence-corrected chi connectivity index (χ3v) is 7.71. The highest BCUT2D eigenvalue weighted by Gasteiger charge is 2.27. The number of rotatable bonds is 6. The molecule has 32 heavy (non-hydrogen) atoms. The van der Waals surface area contributed by atoms with E-state index in [1.807, 2.05) is 30.5 Å². The maximum absolute atomic E-state index is 12.9. The minimum absolute atomic E-state index is 0.0800. The average molecular weight is 474 g/mol. The number of thiazole rings is 1. The van der Waals surface area contributed by atoms with Crippen LogP contribution in [0.1, 0.15) is 15.9 Å². The monoisotopic (exact) mass is 473 g/mol. The first kappa shape index (κ1) is 22.4. The Bertz CT molecular complexity index is 1230. The number of morpholine rings is 1. The molecule has 1 saturated heterocycles. The summed E-state index contributed by atoms with van der Waals surface area (Å²) >= 11 is 1.29. The number of methoxy groups -OCH3 is 1. The first-order valence-corrected chi connectivity index (χ1v) is 12.3. The molecule has 2 heterocycles. The molecular weight excluding hydrogens is 450 g/mol. The van der Waals surface area contributed by atoms with Gasteiger partial charge in [-0.15, -0.1) is 11.3 Å². The Morgan fingerprint density at radius 3 is 2.72 bits per heavy atom. The van der Waals surface area contributed by atoms with Crippen LogP contribution in [0.2, 0.25) is 0 Å². The number of hydrogen-bond donors (Lipinski definition) is 1. The van der Waals surface area contributed by atoms with Crippen molar-refractivity contribution in [2.45, 2.75) is 11.8 Å². The van der Waals surface area contributed by atoms with Gasteiger partial charge in [-0.1, -0.05) is 17.7 Å². The van der Waals surface area contributed by atoms with E-state index in [-0.39, 0.29) is 10.5 Å². The number of hydrogen-bond acceptors (Lipinski definition) is 7. The molecule has 0 atom stereocenters. The fourth-order valence-electron chi connectivity index (χ4n) is 3.38. The Hall–Kier alpha value is -2.79. The summed E-state index contributed by atoms with van der Waals surface area (Å²) < 4.78 is 37.8. The molecule has 168 valence electrons. The molecule has 0 spiro atoms. The van der Waals surface area contributed by atoms with Crippen molar-refractivity contribution in [1.82, 2.24) is 9.29 Å². The Labute approximate surface area is 190 Å². The van der Waals surface area contributed by atoms with Gasteiger partial charge in [0.1, 0.15) is 5.75 Å². The molecule has 4 rings (SSSR count). The summed E-state index contributed by atoms with van der Waals surface area (Å²) in [5, 5.41) is 5.01. The van der Waals surface area contributed by atoms with Gasteiger partial charge in [0.2, 0.25) is 10.0 Å². The molecule has 0 radical (unpaired) electrons. The van der Waals surface area contributed by atoms with Crippen molar-refractivity contribution in [2.75, 3.05) is 38.7 Å². The van der Waals surface area contributed by atoms with Gasteiger partial charge in [0, 0.05) is 29.6 Å². The Balaban J connectivity index is 1.53. The molecular formula is C22H23N3O5S2. The number of carbonyl (C=O) groups is 1. The molecule has 3 aromatic rings. The Kier molecular flexibility index (Phi) is 6.56. The zero-order chi connectivity index (χ0) is 22.7. The number of aromatic nitrogens is 1. The highest BCUT2D eigenvalue weighted by atomic mass is 32.2. The largest absolute Gasteiger partial charge is 0.496 e. The molecule has 0 unspecified atom stereocenters. The van der Waals surface area contributed by atoms with Crippen LogP contribution in [0, 0.1) is 6.92 Å². The second-order valence-corrected chi connectivity index (χ2v) is 10.0. The van der Waals surface area contributed by atoms with E-state index in [1.165, 1.54) is 27.8 Å². The molecule has 1 fully saturated rings. The van der Waals surface area contributed by atoms with E-state index < -0.39 is 15.9 Å². The van der Waals surface area contributed by atoms with Gasteiger partial charge in [0.05, 0.1) is 30.9 Å². The number of carbonyl (C=O) groups excluding carboxylic acids is 1. The fourth-order valence-corrected chi connectivity index (χ4v) is 5.54. The second kappa shape index (κ2) is 9.37. The van der Waals surface area contributed by atoms with Crippen LogP contribution in [0.15, 0.2) is 52.7 Å². The van der Waals surface area contributed by atoms with Crippen LogP contribution >= 0.6 is 11.3 Å². The minimum Gasteiger partial charge on any atom is -0.496 e. The Morgan fingerprint density at radius 1 is 1.19 bits per heavy atom. The van der Waals surface area contributed by atoms with Gasteiger partial charge in [-0.3, -0.25) is 10.1 Å². The normalized spacial score (nSPS) is 14.8. The minimum atomic E-state index is -3.69. The zero-order valence-corrected chi connectivity index (χ0v) is 19.3. The molecule has 1 aromatic heterocycles. The number of amides is 1. The van der Waals surface area contributed by atoms with Gasteiger partial charge in [-0.2, -0.15) is 4.31 Å². The van der Waals surface area contributed by atoms with Gasteiger partial charge >= 0.3 is 0 Å². The fraction of sp³-hybridized carbons (Fsp3) is 0.273. The smallest absolute Gasteiger partial charge is 0.257 e. The molecule has 0 aliphatic carbocycles. The number of aryl methyl sites for hydroxylation is 1. The summed E-state index contributed by atoms with van der Waals surface area (Å²) in [5.41, 5.74) is 2.83. The molecule has 2 aromatic carbocycles. The van der Waals surface area contributed by atoms with Crippen LogP contribution in [0.3, 0.4) is 0 Å². The number of sulfonamides is 1.